The Kier molecular flexibility index (Phi) is 6.95. The lowest BCUT2D eigenvalue weighted by molar-refractivity contribution is 1.44. The molecular weight excluding hydrogens is 192 g/mol. The molecule has 86 valence electrons. The molecule has 0 spiro atoms. The molecule has 0 atom stereocenters. The monoisotopic (exact) mass is 214 g/mol. The summed E-state index contributed by atoms with van der Waals surface area (Å²) in [6, 6.07) is 0. The van der Waals surface area contributed by atoms with Crippen LogP contribution in [0.1, 0.15) is 27.7 Å². The summed E-state index contributed by atoms with van der Waals surface area (Å²) < 4.78 is 0. The Morgan fingerprint density at radius 1 is 0.688 bits per heavy atom. The summed E-state index contributed by atoms with van der Waals surface area (Å²) in [6.07, 6.45) is 12.4. The third-order valence-corrected chi connectivity index (χ3v) is 2.05. The molecule has 0 aromatic heterocycles. The van der Waals surface area contributed by atoms with Gasteiger partial charge in [0.25, 0.3) is 0 Å². The van der Waals surface area contributed by atoms with Crippen molar-refractivity contribution in [3.63, 3.8) is 0 Å². The van der Waals surface area contributed by atoms with Gasteiger partial charge < -0.3 is 0 Å². The van der Waals surface area contributed by atoms with Crippen molar-refractivity contribution in [1.82, 2.24) is 0 Å². The first-order chi connectivity index (χ1) is 7.51. The van der Waals surface area contributed by atoms with E-state index in [1.807, 2.05) is 39.8 Å². The molecule has 0 aliphatic carbocycles. The van der Waals surface area contributed by atoms with Gasteiger partial charge in [0.15, 0.2) is 0 Å². The van der Waals surface area contributed by atoms with Crippen molar-refractivity contribution in [2.45, 2.75) is 27.7 Å². The minimum Gasteiger partial charge on any atom is -0.0961 e. The molecule has 0 N–H and O–H groups in total. The predicted octanol–water partition coefficient (Wildman–Crippen LogP) is 5.14. The first kappa shape index (κ1) is 14.4. The first-order valence-electron chi connectivity index (χ1n) is 5.51. The Morgan fingerprint density at radius 3 is 1.19 bits per heavy atom. The van der Waals surface area contributed by atoms with Crippen LogP contribution in [0.25, 0.3) is 0 Å². The van der Waals surface area contributed by atoms with Crippen molar-refractivity contribution >= 4 is 0 Å². The standard InChI is InChI=1S/C16H22/c1-7-15(11-9-13(3)4)16(8-2)12-10-14(5)6/h7-12H,3,5H2,1-2,4,6H3/b11-9-,12-10-,15-7+,16-8+. The van der Waals surface area contributed by atoms with Gasteiger partial charge >= 0.3 is 0 Å². The zero-order valence-electron chi connectivity index (χ0n) is 10.9. The summed E-state index contributed by atoms with van der Waals surface area (Å²) in [4.78, 5) is 0. The molecule has 0 amide bonds. The fraction of sp³-hybridized carbons (Fsp3) is 0.250. The van der Waals surface area contributed by atoms with Gasteiger partial charge in [-0.1, -0.05) is 60.8 Å². The van der Waals surface area contributed by atoms with Crippen LogP contribution in [0.2, 0.25) is 0 Å². The quantitative estimate of drug-likeness (QED) is 0.556. The highest BCUT2D eigenvalue weighted by Crippen LogP contribution is 2.14. The zero-order valence-corrected chi connectivity index (χ0v) is 10.9. The summed E-state index contributed by atoms with van der Waals surface area (Å²) in [6.45, 7) is 15.8. The molecule has 0 rings (SSSR count). The lowest BCUT2D eigenvalue weighted by Gasteiger charge is -2.02. The van der Waals surface area contributed by atoms with Crippen molar-refractivity contribution in [3.05, 3.63) is 71.9 Å². The summed E-state index contributed by atoms with van der Waals surface area (Å²) >= 11 is 0. The van der Waals surface area contributed by atoms with E-state index >= 15 is 0 Å². The van der Waals surface area contributed by atoms with Crippen LogP contribution >= 0.6 is 0 Å². The van der Waals surface area contributed by atoms with Crippen LogP contribution in [0.4, 0.5) is 0 Å². The molecular formula is C16H22. The van der Waals surface area contributed by atoms with Gasteiger partial charge in [-0.25, -0.2) is 0 Å². The summed E-state index contributed by atoms with van der Waals surface area (Å²) in [7, 11) is 0. The molecule has 0 aliphatic rings. The maximum atomic E-state index is 3.86. The molecule has 0 unspecified atom stereocenters. The van der Waals surface area contributed by atoms with Gasteiger partial charge in [-0.3, -0.25) is 0 Å². The summed E-state index contributed by atoms with van der Waals surface area (Å²) in [5.74, 6) is 0. The maximum Gasteiger partial charge on any atom is -0.0230 e. The molecule has 0 saturated heterocycles. The normalized spacial score (nSPS) is 13.8. The van der Waals surface area contributed by atoms with Gasteiger partial charge in [0.1, 0.15) is 0 Å². The van der Waals surface area contributed by atoms with Crippen LogP contribution in [0, 0.1) is 0 Å². The fourth-order valence-electron chi connectivity index (χ4n) is 1.18. The van der Waals surface area contributed by atoms with Gasteiger partial charge in [0.2, 0.25) is 0 Å². The van der Waals surface area contributed by atoms with Gasteiger partial charge in [0, 0.05) is 0 Å². The minimum atomic E-state index is 1.05. The predicted molar refractivity (Wildman–Crippen MR) is 75.4 cm³/mol. The highest BCUT2D eigenvalue weighted by atomic mass is 14.0. The highest BCUT2D eigenvalue weighted by molar-refractivity contribution is 5.48. The second-order valence-corrected chi connectivity index (χ2v) is 3.85. The van der Waals surface area contributed by atoms with E-state index in [1.54, 1.807) is 0 Å². The summed E-state index contributed by atoms with van der Waals surface area (Å²) in [5.41, 5.74) is 4.50. The van der Waals surface area contributed by atoms with Crippen LogP contribution < -0.4 is 0 Å². The third kappa shape index (κ3) is 6.02. The molecule has 0 radical (unpaired) electrons. The fourth-order valence-corrected chi connectivity index (χ4v) is 1.18. The second-order valence-electron chi connectivity index (χ2n) is 3.85. The Bertz CT molecular complexity index is 333. The van der Waals surface area contributed by atoms with Crippen molar-refractivity contribution in [1.29, 1.82) is 0 Å². The van der Waals surface area contributed by atoms with E-state index < -0.39 is 0 Å². The maximum absolute atomic E-state index is 3.86. The Balaban J connectivity index is 4.95. The van der Waals surface area contributed by atoms with Crippen LogP contribution in [0.15, 0.2) is 71.9 Å². The zero-order chi connectivity index (χ0) is 12.6. The van der Waals surface area contributed by atoms with Crippen LogP contribution in [0.3, 0.4) is 0 Å². The number of allylic oxidation sites excluding steroid dienone is 10. The van der Waals surface area contributed by atoms with E-state index in [-0.39, 0.29) is 0 Å². The SMILES string of the molecule is C=C(C)\C=C/C(=C\C)C(/C=C\C(=C)C)=C/C. The highest BCUT2D eigenvalue weighted by Gasteiger charge is 1.95. The van der Waals surface area contributed by atoms with E-state index in [0.29, 0.717) is 0 Å². The lowest BCUT2D eigenvalue weighted by atomic mass is 10.0. The van der Waals surface area contributed by atoms with Crippen molar-refractivity contribution in [3.8, 4) is 0 Å². The lowest BCUT2D eigenvalue weighted by Crippen LogP contribution is -1.83. The molecule has 16 heavy (non-hydrogen) atoms. The van der Waals surface area contributed by atoms with Crippen LogP contribution in [-0.2, 0) is 0 Å². The topological polar surface area (TPSA) is 0 Å². The molecule has 0 heterocycles. The largest absolute Gasteiger partial charge is 0.0961 e. The smallest absolute Gasteiger partial charge is 0.0230 e. The van der Waals surface area contributed by atoms with Crippen molar-refractivity contribution in [2.24, 2.45) is 0 Å². The van der Waals surface area contributed by atoms with E-state index in [1.165, 1.54) is 11.1 Å². The number of hydrogen-bond donors (Lipinski definition) is 0. The molecule has 0 saturated carbocycles. The van der Waals surface area contributed by atoms with Crippen LogP contribution in [-0.4, -0.2) is 0 Å². The van der Waals surface area contributed by atoms with Gasteiger partial charge in [0.05, 0.1) is 0 Å². The number of rotatable bonds is 5. The molecule has 0 aliphatic heterocycles. The van der Waals surface area contributed by atoms with E-state index in [4.69, 9.17) is 0 Å². The van der Waals surface area contributed by atoms with Crippen molar-refractivity contribution < 1.29 is 0 Å². The van der Waals surface area contributed by atoms with Gasteiger partial charge in [-0.2, -0.15) is 0 Å². The Labute approximate surface area is 100 Å². The van der Waals surface area contributed by atoms with E-state index in [9.17, 15) is 0 Å². The molecule has 0 aromatic carbocycles. The average Bonchev–Trinajstić information content (AvgIpc) is 2.22. The molecule has 0 fully saturated rings. The van der Waals surface area contributed by atoms with Crippen LogP contribution in [0.5, 0.6) is 0 Å². The third-order valence-electron chi connectivity index (χ3n) is 2.05. The van der Waals surface area contributed by atoms with Gasteiger partial charge in [-0.15, -0.1) is 0 Å². The van der Waals surface area contributed by atoms with E-state index in [0.717, 1.165) is 11.1 Å². The van der Waals surface area contributed by atoms with Crippen molar-refractivity contribution in [2.75, 3.05) is 0 Å². The first-order valence-corrected chi connectivity index (χ1v) is 5.51. The molecule has 0 heteroatoms. The second kappa shape index (κ2) is 7.70. The molecule has 0 bridgehead atoms. The Hall–Kier alpha value is -1.56. The molecule has 0 nitrogen and oxygen atoms in total. The summed E-state index contributed by atoms with van der Waals surface area (Å²) in [5, 5.41) is 0. The molecule has 0 aromatic rings. The average molecular weight is 214 g/mol. The minimum absolute atomic E-state index is 1.05. The number of hydrogen-bond acceptors (Lipinski definition) is 0. The van der Waals surface area contributed by atoms with Gasteiger partial charge in [-0.05, 0) is 38.8 Å². The Morgan fingerprint density at radius 2 is 1.00 bits per heavy atom. The van der Waals surface area contributed by atoms with E-state index in [2.05, 4.69) is 37.5 Å².